The topological polar surface area (TPSA) is 42.4 Å². The minimum atomic E-state index is -0.422. The molecule has 106 valence electrons. The van der Waals surface area contributed by atoms with Gasteiger partial charge >= 0.3 is 5.97 Å². The fourth-order valence-corrected chi connectivity index (χ4v) is 2.48. The minimum Gasteiger partial charge on any atom is -0.461 e. The van der Waals surface area contributed by atoms with Crippen molar-refractivity contribution in [3.63, 3.8) is 0 Å². The lowest BCUT2D eigenvalue weighted by Gasteiger charge is -2.15. The number of benzene rings is 1. The van der Waals surface area contributed by atoms with Gasteiger partial charge in [-0.3, -0.25) is 0 Å². The van der Waals surface area contributed by atoms with E-state index in [2.05, 4.69) is 4.98 Å². The molecule has 0 fully saturated rings. The van der Waals surface area contributed by atoms with Crippen LogP contribution in [0, 0.1) is 5.82 Å². The molecule has 4 nitrogen and oxygen atoms in total. The molecule has 0 spiro atoms. The van der Waals surface area contributed by atoms with Gasteiger partial charge in [0.15, 0.2) is 10.8 Å². The lowest BCUT2D eigenvalue weighted by Crippen LogP contribution is -2.16. The van der Waals surface area contributed by atoms with Gasteiger partial charge in [0, 0.05) is 19.0 Å². The van der Waals surface area contributed by atoms with E-state index >= 15 is 0 Å². The van der Waals surface area contributed by atoms with Gasteiger partial charge in [0.05, 0.1) is 6.61 Å². The van der Waals surface area contributed by atoms with E-state index in [0.717, 1.165) is 5.56 Å². The lowest BCUT2D eigenvalue weighted by molar-refractivity contribution is 0.0520. The van der Waals surface area contributed by atoms with Crippen molar-refractivity contribution in [2.75, 3.05) is 18.6 Å². The quantitative estimate of drug-likeness (QED) is 0.795. The van der Waals surface area contributed by atoms with Crippen LogP contribution in [0.5, 0.6) is 0 Å². The van der Waals surface area contributed by atoms with Gasteiger partial charge in [-0.15, -0.1) is 11.3 Å². The van der Waals surface area contributed by atoms with Gasteiger partial charge in [-0.1, -0.05) is 12.1 Å². The molecule has 0 unspecified atom stereocenters. The number of aromatic nitrogens is 1. The highest BCUT2D eigenvalue weighted by Crippen LogP contribution is 2.21. The van der Waals surface area contributed by atoms with Crippen molar-refractivity contribution in [3.05, 3.63) is 46.7 Å². The zero-order chi connectivity index (χ0) is 14.5. The fraction of sp³-hybridized carbons (Fsp3) is 0.286. The molecule has 1 aromatic heterocycles. The molecule has 0 saturated carbocycles. The first kappa shape index (κ1) is 14.5. The number of anilines is 1. The van der Waals surface area contributed by atoms with E-state index in [-0.39, 0.29) is 5.82 Å². The average Bonchev–Trinajstić information content (AvgIpc) is 2.88. The van der Waals surface area contributed by atoms with Gasteiger partial charge in [0.2, 0.25) is 0 Å². The van der Waals surface area contributed by atoms with E-state index in [9.17, 15) is 9.18 Å². The maximum atomic E-state index is 13.1. The van der Waals surface area contributed by atoms with Crippen LogP contribution >= 0.6 is 11.3 Å². The third-order valence-electron chi connectivity index (χ3n) is 2.61. The van der Waals surface area contributed by atoms with Crippen LogP contribution in [0.4, 0.5) is 9.52 Å². The predicted molar refractivity (Wildman–Crippen MR) is 76.6 cm³/mol. The number of hydrogen-bond donors (Lipinski definition) is 0. The van der Waals surface area contributed by atoms with Gasteiger partial charge < -0.3 is 9.64 Å². The Morgan fingerprint density at radius 1 is 1.50 bits per heavy atom. The van der Waals surface area contributed by atoms with Crippen molar-refractivity contribution in [1.82, 2.24) is 4.98 Å². The molecule has 0 atom stereocenters. The van der Waals surface area contributed by atoms with Crippen LogP contribution in [0.25, 0.3) is 0 Å². The summed E-state index contributed by atoms with van der Waals surface area (Å²) in [5.74, 6) is -0.684. The molecule has 0 amide bonds. The second-order valence-corrected chi connectivity index (χ2v) is 5.06. The number of esters is 1. The van der Waals surface area contributed by atoms with Gasteiger partial charge in [-0.25, -0.2) is 14.2 Å². The van der Waals surface area contributed by atoms with E-state index < -0.39 is 5.97 Å². The highest BCUT2D eigenvalue weighted by atomic mass is 32.1. The Balaban J connectivity index is 2.06. The Labute approximate surface area is 120 Å². The van der Waals surface area contributed by atoms with Gasteiger partial charge in [0.25, 0.3) is 0 Å². The molecule has 0 bridgehead atoms. The van der Waals surface area contributed by atoms with E-state index in [1.54, 1.807) is 18.4 Å². The van der Waals surface area contributed by atoms with Crippen molar-refractivity contribution >= 4 is 22.4 Å². The number of rotatable bonds is 5. The molecular weight excluding hydrogens is 279 g/mol. The van der Waals surface area contributed by atoms with Crippen molar-refractivity contribution < 1.29 is 13.9 Å². The Morgan fingerprint density at radius 2 is 2.30 bits per heavy atom. The van der Waals surface area contributed by atoms with Crippen LogP contribution in [-0.2, 0) is 11.3 Å². The van der Waals surface area contributed by atoms with E-state index in [1.807, 2.05) is 18.0 Å². The maximum absolute atomic E-state index is 13.1. The second-order valence-electron chi connectivity index (χ2n) is 4.22. The van der Waals surface area contributed by atoms with Crippen LogP contribution in [0.15, 0.2) is 29.6 Å². The molecule has 2 aromatic rings. The molecule has 2 rings (SSSR count). The number of hydrogen-bond acceptors (Lipinski definition) is 5. The Bertz CT molecular complexity index is 600. The second kappa shape index (κ2) is 6.47. The molecule has 6 heteroatoms. The van der Waals surface area contributed by atoms with E-state index in [1.165, 1.54) is 23.5 Å². The molecule has 0 aliphatic rings. The smallest absolute Gasteiger partial charge is 0.357 e. The SMILES string of the molecule is CCOC(=O)c1csc(N(C)Cc2cccc(F)c2)n1. The number of nitrogens with zero attached hydrogens (tertiary/aromatic N) is 2. The molecule has 1 aromatic carbocycles. The van der Waals surface area contributed by atoms with E-state index in [4.69, 9.17) is 4.74 Å². The molecule has 0 aliphatic heterocycles. The highest BCUT2D eigenvalue weighted by Gasteiger charge is 2.14. The molecule has 0 aliphatic carbocycles. The molecule has 0 radical (unpaired) electrons. The van der Waals surface area contributed by atoms with Crippen molar-refractivity contribution in [1.29, 1.82) is 0 Å². The first-order valence-electron chi connectivity index (χ1n) is 6.18. The zero-order valence-electron chi connectivity index (χ0n) is 11.3. The summed E-state index contributed by atoms with van der Waals surface area (Å²) in [6, 6.07) is 6.41. The van der Waals surface area contributed by atoms with Crippen LogP contribution in [0.3, 0.4) is 0 Å². The summed E-state index contributed by atoms with van der Waals surface area (Å²) < 4.78 is 18.0. The summed E-state index contributed by atoms with van der Waals surface area (Å²) in [4.78, 5) is 17.6. The third-order valence-corrected chi connectivity index (χ3v) is 3.57. The summed E-state index contributed by atoms with van der Waals surface area (Å²) >= 11 is 1.36. The standard InChI is InChI=1S/C14H15FN2O2S/c1-3-19-13(18)12-9-20-14(16-12)17(2)8-10-5-4-6-11(15)7-10/h4-7,9H,3,8H2,1-2H3. The Kier molecular flexibility index (Phi) is 4.68. The molecule has 0 saturated heterocycles. The molecule has 1 heterocycles. The van der Waals surface area contributed by atoms with Crippen LogP contribution in [0.2, 0.25) is 0 Å². The maximum Gasteiger partial charge on any atom is 0.357 e. The molecule has 0 N–H and O–H groups in total. The minimum absolute atomic E-state index is 0.262. The first-order chi connectivity index (χ1) is 9.60. The number of ether oxygens (including phenoxy) is 1. The molecule has 20 heavy (non-hydrogen) atoms. The van der Waals surface area contributed by atoms with Crippen LogP contribution in [-0.4, -0.2) is 24.6 Å². The molecular formula is C14H15FN2O2S. The summed E-state index contributed by atoms with van der Waals surface area (Å²) in [5, 5.41) is 2.35. The van der Waals surface area contributed by atoms with Gasteiger partial charge in [-0.05, 0) is 24.6 Å². The van der Waals surface area contributed by atoms with Crippen LogP contribution < -0.4 is 4.90 Å². The highest BCUT2D eigenvalue weighted by molar-refractivity contribution is 7.13. The summed E-state index contributed by atoms with van der Waals surface area (Å²) in [6.45, 7) is 2.60. The largest absolute Gasteiger partial charge is 0.461 e. The van der Waals surface area contributed by atoms with Crippen molar-refractivity contribution in [3.8, 4) is 0 Å². The Morgan fingerprint density at radius 3 is 3.00 bits per heavy atom. The van der Waals surface area contributed by atoms with Crippen molar-refractivity contribution in [2.24, 2.45) is 0 Å². The monoisotopic (exact) mass is 294 g/mol. The summed E-state index contributed by atoms with van der Waals surface area (Å²) in [5.41, 5.74) is 1.15. The Hall–Kier alpha value is -1.95. The summed E-state index contributed by atoms with van der Waals surface area (Å²) in [7, 11) is 1.85. The number of carbonyl (C=O) groups is 1. The predicted octanol–water partition coefficient (Wildman–Crippen LogP) is 3.10. The number of halogens is 1. The fourth-order valence-electron chi connectivity index (χ4n) is 1.72. The number of carbonyl (C=O) groups excluding carboxylic acids is 1. The van der Waals surface area contributed by atoms with Crippen molar-refractivity contribution in [2.45, 2.75) is 13.5 Å². The first-order valence-corrected chi connectivity index (χ1v) is 7.06. The van der Waals surface area contributed by atoms with Gasteiger partial charge in [-0.2, -0.15) is 0 Å². The van der Waals surface area contributed by atoms with Gasteiger partial charge in [0.1, 0.15) is 5.82 Å². The van der Waals surface area contributed by atoms with E-state index in [0.29, 0.717) is 24.0 Å². The third kappa shape index (κ3) is 3.54. The van der Waals surface area contributed by atoms with Crippen LogP contribution in [0.1, 0.15) is 23.0 Å². The number of thiazole rings is 1. The summed E-state index contributed by atoms with van der Waals surface area (Å²) in [6.07, 6.45) is 0. The normalized spacial score (nSPS) is 10.3. The lowest BCUT2D eigenvalue weighted by atomic mass is 10.2. The average molecular weight is 294 g/mol. The zero-order valence-corrected chi connectivity index (χ0v) is 12.1.